The monoisotopic (exact) mass is 299 g/mol. The number of nitrogens with one attached hydrogen (secondary N) is 1. The summed E-state index contributed by atoms with van der Waals surface area (Å²) >= 11 is 0. The largest absolute Gasteiger partial charge is 1.00 e. The summed E-state index contributed by atoms with van der Waals surface area (Å²) in [5.74, 6) is 0.644. The van der Waals surface area contributed by atoms with E-state index in [4.69, 9.17) is 0 Å². The zero-order chi connectivity index (χ0) is 13.9. The van der Waals surface area contributed by atoms with Gasteiger partial charge in [-0.05, 0) is 17.7 Å². The van der Waals surface area contributed by atoms with E-state index in [0.29, 0.717) is 17.8 Å². The molecule has 4 nitrogen and oxygen atoms in total. The molecule has 0 aliphatic carbocycles. The van der Waals surface area contributed by atoms with Gasteiger partial charge in [-0.15, -0.1) is 0 Å². The minimum Gasteiger partial charge on any atom is -1.00 e. The standard InChI is InChI=1S/C16H13N3O.ClH/c1-2-12-7-9-19(10-8-12)11-15-17-14-6-4-3-5-13(14)16(20)18-15;/h2-10H,1,11H2;1H. The minimum atomic E-state index is -0.103. The maximum Gasteiger partial charge on any atom is 0.258 e. The first kappa shape index (κ1) is 14.9. The molecule has 0 unspecified atom stereocenters. The summed E-state index contributed by atoms with van der Waals surface area (Å²) < 4.78 is 1.96. The normalized spacial score (nSPS) is 10.1. The highest BCUT2D eigenvalue weighted by Crippen LogP contribution is 2.05. The van der Waals surface area contributed by atoms with Crippen LogP contribution in [-0.4, -0.2) is 9.97 Å². The number of halogens is 1. The quantitative estimate of drug-likeness (QED) is 0.625. The van der Waals surface area contributed by atoms with Crippen LogP contribution in [0, 0.1) is 0 Å². The van der Waals surface area contributed by atoms with Crippen molar-refractivity contribution in [3.05, 3.63) is 77.1 Å². The van der Waals surface area contributed by atoms with E-state index in [1.54, 1.807) is 12.1 Å². The van der Waals surface area contributed by atoms with Crippen molar-refractivity contribution in [2.24, 2.45) is 0 Å². The Bertz CT molecular complexity index is 825. The van der Waals surface area contributed by atoms with Crippen LogP contribution in [0.25, 0.3) is 17.0 Å². The summed E-state index contributed by atoms with van der Waals surface area (Å²) in [7, 11) is 0. The molecule has 1 N–H and O–H groups in total. The number of hydrogen-bond acceptors (Lipinski definition) is 2. The van der Waals surface area contributed by atoms with Gasteiger partial charge in [0.15, 0.2) is 18.2 Å². The molecule has 0 radical (unpaired) electrons. The Morgan fingerprint density at radius 3 is 2.62 bits per heavy atom. The van der Waals surface area contributed by atoms with Crippen molar-refractivity contribution in [2.45, 2.75) is 6.54 Å². The minimum absolute atomic E-state index is 0. The highest BCUT2D eigenvalue weighted by Gasteiger charge is 2.07. The van der Waals surface area contributed by atoms with Crippen LogP contribution >= 0.6 is 0 Å². The van der Waals surface area contributed by atoms with Crippen LogP contribution in [0.15, 0.2) is 60.2 Å². The topological polar surface area (TPSA) is 49.6 Å². The van der Waals surface area contributed by atoms with Crippen LogP contribution in [0.2, 0.25) is 0 Å². The highest BCUT2D eigenvalue weighted by molar-refractivity contribution is 5.77. The van der Waals surface area contributed by atoms with Gasteiger partial charge in [0.05, 0.1) is 10.9 Å². The molecule has 2 aromatic heterocycles. The lowest BCUT2D eigenvalue weighted by atomic mass is 10.2. The third-order valence-electron chi connectivity index (χ3n) is 3.15. The van der Waals surface area contributed by atoms with Crippen LogP contribution in [-0.2, 0) is 6.54 Å². The Morgan fingerprint density at radius 1 is 1.19 bits per heavy atom. The van der Waals surface area contributed by atoms with Gasteiger partial charge in [-0.1, -0.05) is 24.8 Å². The average Bonchev–Trinajstić information content (AvgIpc) is 2.48. The molecule has 21 heavy (non-hydrogen) atoms. The molecule has 0 atom stereocenters. The fraction of sp³-hybridized carbons (Fsp3) is 0.0625. The van der Waals surface area contributed by atoms with E-state index < -0.39 is 0 Å². The molecule has 3 rings (SSSR count). The predicted octanol–water partition coefficient (Wildman–Crippen LogP) is -1.09. The maximum absolute atomic E-state index is 12.0. The lowest BCUT2D eigenvalue weighted by Gasteiger charge is -2.00. The van der Waals surface area contributed by atoms with E-state index in [1.165, 1.54) is 0 Å². The van der Waals surface area contributed by atoms with E-state index in [2.05, 4.69) is 16.5 Å². The third kappa shape index (κ3) is 3.17. The number of pyridine rings is 1. The zero-order valence-electron chi connectivity index (χ0n) is 11.3. The SMILES string of the molecule is C=Cc1cc[n+](Cc2nc3ccccc3c(=O)[nH]2)cc1.[Cl-]. The molecule has 0 amide bonds. The summed E-state index contributed by atoms with van der Waals surface area (Å²) in [6.45, 7) is 4.25. The van der Waals surface area contributed by atoms with Crippen molar-refractivity contribution >= 4 is 17.0 Å². The second-order valence-corrected chi connectivity index (χ2v) is 4.54. The number of hydrogen-bond donors (Lipinski definition) is 1. The molecule has 0 aliphatic rings. The number of aromatic nitrogens is 3. The summed E-state index contributed by atoms with van der Waals surface area (Å²) in [6, 6.07) is 11.3. The summed E-state index contributed by atoms with van der Waals surface area (Å²) in [6.07, 6.45) is 5.67. The van der Waals surface area contributed by atoms with Crippen LogP contribution in [0.3, 0.4) is 0 Å². The van der Waals surface area contributed by atoms with Crippen molar-refractivity contribution < 1.29 is 17.0 Å². The molecule has 0 aliphatic heterocycles. The lowest BCUT2D eigenvalue weighted by Crippen LogP contribution is -3.00. The highest BCUT2D eigenvalue weighted by atomic mass is 35.5. The number of fused-ring (bicyclic) bond motifs is 1. The van der Waals surface area contributed by atoms with Crippen molar-refractivity contribution in [3.63, 3.8) is 0 Å². The second kappa shape index (κ2) is 6.33. The average molecular weight is 300 g/mol. The molecule has 0 saturated heterocycles. The number of benzene rings is 1. The van der Waals surface area contributed by atoms with Gasteiger partial charge in [0.25, 0.3) is 5.56 Å². The van der Waals surface area contributed by atoms with Crippen molar-refractivity contribution in [1.29, 1.82) is 0 Å². The maximum atomic E-state index is 12.0. The van der Waals surface area contributed by atoms with E-state index >= 15 is 0 Å². The van der Waals surface area contributed by atoms with Gasteiger partial charge < -0.3 is 17.4 Å². The first-order valence-corrected chi connectivity index (χ1v) is 6.36. The summed E-state index contributed by atoms with van der Waals surface area (Å²) in [4.78, 5) is 19.3. The lowest BCUT2D eigenvalue weighted by molar-refractivity contribution is -0.689. The predicted molar refractivity (Wildman–Crippen MR) is 78.2 cm³/mol. The molecular weight excluding hydrogens is 286 g/mol. The molecule has 0 fully saturated rings. The van der Waals surface area contributed by atoms with Gasteiger partial charge in [-0.25, -0.2) is 4.98 Å². The molecule has 5 heteroatoms. The molecule has 0 bridgehead atoms. The molecular formula is C16H14ClN3O. The van der Waals surface area contributed by atoms with E-state index in [-0.39, 0.29) is 18.0 Å². The van der Waals surface area contributed by atoms with Crippen molar-refractivity contribution in [3.8, 4) is 0 Å². The molecule has 3 aromatic rings. The number of H-pyrrole nitrogens is 1. The fourth-order valence-corrected chi connectivity index (χ4v) is 2.09. The smallest absolute Gasteiger partial charge is 0.258 e. The molecule has 1 aromatic carbocycles. The zero-order valence-corrected chi connectivity index (χ0v) is 12.0. The summed E-state index contributed by atoms with van der Waals surface area (Å²) in [5, 5.41) is 0.614. The van der Waals surface area contributed by atoms with E-state index in [0.717, 1.165) is 11.1 Å². The van der Waals surface area contributed by atoms with Gasteiger partial charge in [-0.2, -0.15) is 4.57 Å². The first-order valence-electron chi connectivity index (χ1n) is 6.36. The summed E-state index contributed by atoms with van der Waals surface area (Å²) in [5.41, 5.74) is 1.67. The Hall–Kier alpha value is -2.46. The van der Waals surface area contributed by atoms with Gasteiger partial charge in [0, 0.05) is 12.1 Å². The van der Waals surface area contributed by atoms with Gasteiger partial charge in [0.1, 0.15) is 0 Å². The molecule has 0 saturated carbocycles. The van der Waals surface area contributed by atoms with Crippen LogP contribution in [0.1, 0.15) is 11.4 Å². The van der Waals surface area contributed by atoms with Crippen LogP contribution in [0.5, 0.6) is 0 Å². The van der Waals surface area contributed by atoms with Crippen molar-refractivity contribution in [1.82, 2.24) is 9.97 Å². The number of nitrogens with zero attached hydrogens (tertiary/aromatic N) is 2. The number of aromatic amines is 1. The van der Waals surface area contributed by atoms with Gasteiger partial charge in [-0.3, -0.25) is 4.79 Å². The van der Waals surface area contributed by atoms with Crippen LogP contribution < -0.4 is 22.5 Å². The van der Waals surface area contributed by atoms with E-state index in [9.17, 15) is 4.79 Å². The number of para-hydroxylation sites is 1. The number of rotatable bonds is 3. The first-order chi connectivity index (χ1) is 9.76. The van der Waals surface area contributed by atoms with Gasteiger partial charge >= 0.3 is 0 Å². The molecule has 2 heterocycles. The van der Waals surface area contributed by atoms with Crippen LogP contribution in [0.4, 0.5) is 0 Å². The van der Waals surface area contributed by atoms with Gasteiger partial charge in [0.2, 0.25) is 6.54 Å². The second-order valence-electron chi connectivity index (χ2n) is 4.54. The van der Waals surface area contributed by atoms with Crippen molar-refractivity contribution in [2.75, 3.05) is 0 Å². The fourth-order valence-electron chi connectivity index (χ4n) is 2.09. The Morgan fingerprint density at radius 2 is 1.90 bits per heavy atom. The molecule has 0 spiro atoms. The Labute approximate surface area is 128 Å². The van der Waals surface area contributed by atoms with E-state index in [1.807, 2.05) is 47.3 Å². The Balaban J connectivity index is 0.00000161. The molecule has 106 valence electrons. The third-order valence-corrected chi connectivity index (χ3v) is 3.15. The Kier molecular flexibility index (Phi) is 4.50.